The number of hydrogen-bond acceptors (Lipinski definition) is 8. The molecule has 0 fully saturated rings. The van der Waals surface area contributed by atoms with E-state index in [2.05, 4.69) is 20.7 Å². The number of hydrogen-bond donors (Lipinski definition) is 2. The van der Waals surface area contributed by atoms with E-state index in [0.717, 1.165) is 11.3 Å². The summed E-state index contributed by atoms with van der Waals surface area (Å²) in [6.07, 6.45) is 1.71. The first-order valence-electron chi connectivity index (χ1n) is 6.83. The summed E-state index contributed by atoms with van der Waals surface area (Å²) in [7, 11) is 0. The van der Waals surface area contributed by atoms with Crippen molar-refractivity contribution in [1.82, 2.24) is 15.6 Å². The van der Waals surface area contributed by atoms with E-state index < -0.39 is 0 Å². The molecule has 1 amide bonds. The molecule has 9 heteroatoms. The number of carbonyl (C=O) groups excluding carboxylic acids is 1. The van der Waals surface area contributed by atoms with Crippen molar-refractivity contribution in [2.24, 2.45) is 5.10 Å². The Morgan fingerprint density at radius 3 is 2.78 bits per heavy atom. The molecular weight excluding hydrogens is 334 g/mol. The van der Waals surface area contributed by atoms with Crippen LogP contribution in [0.5, 0.6) is 5.75 Å². The molecule has 0 aliphatic rings. The first-order chi connectivity index (χ1) is 11.0. The van der Waals surface area contributed by atoms with Gasteiger partial charge in [-0.15, -0.1) is 10.2 Å². The number of ether oxygens (including phenoxy) is 1. The third-order valence-corrected chi connectivity index (χ3v) is 4.29. The zero-order chi connectivity index (χ0) is 16.7. The van der Waals surface area contributed by atoms with Crippen LogP contribution in [0.3, 0.4) is 0 Å². The Morgan fingerprint density at radius 2 is 2.17 bits per heavy atom. The summed E-state index contributed by atoms with van der Waals surface area (Å²) in [5, 5.41) is 11.8. The van der Waals surface area contributed by atoms with Crippen LogP contribution in [0.15, 0.2) is 33.7 Å². The zero-order valence-corrected chi connectivity index (χ0v) is 14.4. The Hall–Kier alpha value is -2.13. The molecule has 2 aromatic rings. The average Bonchev–Trinajstić information content (AvgIpc) is 2.92. The van der Waals surface area contributed by atoms with Gasteiger partial charge in [0.15, 0.2) is 4.34 Å². The summed E-state index contributed by atoms with van der Waals surface area (Å²) >= 11 is 2.51. The number of thioether (sulfide) groups is 1. The number of nitrogen functional groups attached to an aromatic ring is 1. The molecule has 7 nitrogen and oxygen atoms in total. The van der Waals surface area contributed by atoms with Gasteiger partial charge in [-0.2, -0.15) is 5.10 Å². The van der Waals surface area contributed by atoms with Crippen molar-refractivity contribution in [2.45, 2.75) is 24.3 Å². The molecule has 1 heterocycles. The summed E-state index contributed by atoms with van der Waals surface area (Å²) in [6.45, 7) is 3.94. The average molecular weight is 351 g/mol. The first-order valence-corrected chi connectivity index (χ1v) is 8.63. The highest BCUT2D eigenvalue weighted by Crippen LogP contribution is 2.22. The normalized spacial score (nSPS) is 11.1. The van der Waals surface area contributed by atoms with Crippen LogP contribution in [0.4, 0.5) is 5.13 Å². The second kappa shape index (κ2) is 8.49. The number of rotatable bonds is 7. The van der Waals surface area contributed by atoms with E-state index in [1.807, 2.05) is 38.1 Å². The fourth-order valence-corrected chi connectivity index (χ4v) is 2.95. The van der Waals surface area contributed by atoms with E-state index in [4.69, 9.17) is 10.5 Å². The highest BCUT2D eigenvalue weighted by molar-refractivity contribution is 8.01. The van der Waals surface area contributed by atoms with Crippen LogP contribution in [-0.4, -0.2) is 34.2 Å². The quantitative estimate of drug-likeness (QED) is 0.450. The second-order valence-electron chi connectivity index (χ2n) is 4.72. The molecule has 0 aliphatic heterocycles. The maximum absolute atomic E-state index is 11.6. The third kappa shape index (κ3) is 6.25. The van der Waals surface area contributed by atoms with Crippen LogP contribution >= 0.6 is 23.1 Å². The van der Waals surface area contributed by atoms with Crippen molar-refractivity contribution in [3.8, 4) is 5.75 Å². The lowest BCUT2D eigenvalue weighted by molar-refractivity contribution is -0.118. The van der Waals surface area contributed by atoms with Crippen LogP contribution in [0.2, 0.25) is 0 Å². The molecule has 0 saturated carbocycles. The number of aromatic nitrogens is 2. The minimum absolute atomic E-state index is 0.134. The van der Waals surface area contributed by atoms with Crippen molar-refractivity contribution in [1.29, 1.82) is 0 Å². The number of nitrogens with zero attached hydrogens (tertiary/aromatic N) is 3. The maximum atomic E-state index is 11.6. The molecule has 0 bridgehead atoms. The molecule has 3 N–H and O–H groups in total. The van der Waals surface area contributed by atoms with Gasteiger partial charge in [-0.25, -0.2) is 5.43 Å². The summed E-state index contributed by atoms with van der Waals surface area (Å²) in [4.78, 5) is 11.6. The van der Waals surface area contributed by atoms with E-state index in [0.29, 0.717) is 9.47 Å². The van der Waals surface area contributed by atoms with Gasteiger partial charge in [0.2, 0.25) is 5.13 Å². The molecule has 0 aliphatic carbocycles. The van der Waals surface area contributed by atoms with Gasteiger partial charge in [0.05, 0.1) is 18.1 Å². The highest BCUT2D eigenvalue weighted by Gasteiger charge is 2.05. The fourth-order valence-electron chi connectivity index (χ4n) is 1.52. The molecule has 122 valence electrons. The van der Waals surface area contributed by atoms with Crippen molar-refractivity contribution in [2.75, 3.05) is 11.5 Å². The molecule has 0 unspecified atom stereocenters. The third-order valence-electron chi connectivity index (χ3n) is 2.40. The largest absolute Gasteiger partial charge is 0.491 e. The van der Waals surface area contributed by atoms with Crippen LogP contribution in [0.25, 0.3) is 0 Å². The van der Waals surface area contributed by atoms with Crippen LogP contribution < -0.4 is 15.9 Å². The van der Waals surface area contributed by atoms with Crippen molar-refractivity contribution in [3.63, 3.8) is 0 Å². The summed E-state index contributed by atoms with van der Waals surface area (Å²) < 4.78 is 6.21. The van der Waals surface area contributed by atoms with Crippen LogP contribution in [0, 0.1) is 0 Å². The summed E-state index contributed by atoms with van der Waals surface area (Å²) in [5.74, 6) is 0.779. The van der Waals surface area contributed by atoms with E-state index in [9.17, 15) is 4.79 Å². The zero-order valence-electron chi connectivity index (χ0n) is 12.7. The number of anilines is 1. The van der Waals surface area contributed by atoms with E-state index in [-0.39, 0.29) is 17.8 Å². The van der Waals surface area contributed by atoms with Gasteiger partial charge in [-0.05, 0) is 43.7 Å². The van der Waals surface area contributed by atoms with Crippen LogP contribution in [-0.2, 0) is 4.79 Å². The van der Waals surface area contributed by atoms with Gasteiger partial charge in [-0.1, -0.05) is 23.1 Å². The number of nitrogens with two attached hydrogens (primary N) is 1. The number of benzene rings is 1. The Balaban J connectivity index is 1.75. The Bertz CT molecular complexity index is 670. The van der Waals surface area contributed by atoms with Crippen LogP contribution in [0.1, 0.15) is 19.4 Å². The van der Waals surface area contributed by atoms with Gasteiger partial charge < -0.3 is 10.5 Å². The maximum Gasteiger partial charge on any atom is 0.250 e. The molecule has 2 rings (SSSR count). The topological polar surface area (TPSA) is 102 Å². The van der Waals surface area contributed by atoms with Gasteiger partial charge in [0.1, 0.15) is 5.75 Å². The predicted octanol–water partition coefficient (Wildman–Crippen LogP) is 2.15. The molecular formula is C14H17N5O2S2. The molecule has 0 radical (unpaired) electrons. The Labute approximate surface area is 142 Å². The summed E-state index contributed by atoms with van der Waals surface area (Å²) in [6, 6.07) is 7.45. The minimum Gasteiger partial charge on any atom is -0.491 e. The monoisotopic (exact) mass is 351 g/mol. The van der Waals surface area contributed by atoms with E-state index in [1.165, 1.54) is 23.1 Å². The fraction of sp³-hybridized carbons (Fsp3) is 0.286. The lowest BCUT2D eigenvalue weighted by Crippen LogP contribution is -2.19. The lowest BCUT2D eigenvalue weighted by atomic mass is 10.2. The Kier molecular flexibility index (Phi) is 6.36. The number of nitrogens with one attached hydrogen (secondary N) is 1. The van der Waals surface area contributed by atoms with Gasteiger partial charge in [-0.3, -0.25) is 4.79 Å². The number of carbonyl (C=O) groups is 1. The van der Waals surface area contributed by atoms with Gasteiger partial charge >= 0.3 is 0 Å². The highest BCUT2D eigenvalue weighted by atomic mass is 32.2. The standard InChI is InChI=1S/C14H17N5O2S2/c1-9(2)21-11-5-3-10(4-6-11)7-16-17-12(20)8-22-14-19-18-13(15)23-14/h3-7,9H,8H2,1-2H3,(H2,15,18)(H,17,20). The smallest absolute Gasteiger partial charge is 0.250 e. The molecule has 0 spiro atoms. The molecule has 23 heavy (non-hydrogen) atoms. The number of hydrazone groups is 1. The minimum atomic E-state index is -0.222. The summed E-state index contributed by atoms with van der Waals surface area (Å²) in [5.41, 5.74) is 8.79. The molecule has 1 aromatic heterocycles. The van der Waals surface area contributed by atoms with Gasteiger partial charge in [0.25, 0.3) is 5.91 Å². The van der Waals surface area contributed by atoms with Crippen molar-refractivity contribution < 1.29 is 9.53 Å². The molecule has 0 saturated heterocycles. The SMILES string of the molecule is CC(C)Oc1ccc(C=NNC(=O)CSc2nnc(N)s2)cc1. The second-order valence-corrected chi connectivity index (χ2v) is 6.96. The Morgan fingerprint density at radius 1 is 1.43 bits per heavy atom. The van der Waals surface area contributed by atoms with E-state index >= 15 is 0 Å². The number of amides is 1. The van der Waals surface area contributed by atoms with Crippen molar-refractivity contribution >= 4 is 40.4 Å². The molecule has 1 aromatic carbocycles. The lowest BCUT2D eigenvalue weighted by Gasteiger charge is -2.09. The van der Waals surface area contributed by atoms with Crippen molar-refractivity contribution in [3.05, 3.63) is 29.8 Å². The molecule has 0 atom stereocenters. The predicted molar refractivity (Wildman–Crippen MR) is 93.0 cm³/mol. The van der Waals surface area contributed by atoms with Gasteiger partial charge in [0, 0.05) is 0 Å². The van der Waals surface area contributed by atoms with E-state index in [1.54, 1.807) is 6.21 Å². The first kappa shape index (κ1) is 17.2.